The molecule has 1 nitrogen and oxygen atoms in total. The molecule has 0 unspecified atom stereocenters. The van der Waals surface area contributed by atoms with Gasteiger partial charge >= 0.3 is 0 Å². The van der Waals surface area contributed by atoms with Crippen LogP contribution in [0.4, 0.5) is 0 Å². The minimum Gasteiger partial charge on any atom is -0.376 e. The molecule has 14 heavy (non-hydrogen) atoms. The van der Waals surface area contributed by atoms with Crippen molar-refractivity contribution in [1.29, 1.82) is 0 Å². The fourth-order valence-corrected chi connectivity index (χ4v) is 2.57. The summed E-state index contributed by atoms with van der Waals surface area (Å²) in [4.78, 5) is 1.31. The van der Waals surface area contributed by atoms with Crippen LogP contribution in [0.15, 0.2) is 24.3 Å². The van der Waals surface area contributed by atoms with Crippen molar-refractivity contribution in [3.63, 3.8) is 0 Å². The van der Waals surface area contributed by atoms with Gasteiger partial charge in [-0.2, -0.15) is 0 Å². The molecule has 0 bridgehead atoms. The Morgan fingerprint density at radius 1 is 1.29 bits per heavy atom. The standard InChI is InChI=1S/C12H14OS/c1-3-13-8-11-7-10-5-4-9(2)6-12(10)14-11/h4-7H,3,8H2,1-2H3. The van der Waals surface area contributed by atoms with E-state index in [1.807, 2.05) is 18.3 Å². The van der Waals surface area contributed by atoms with Crippen LogP contribution >= 0.6 is 11.3 Å². The average molecular weight is 206 g/mol. The van der Waals surface area contributed by atoms with Crippen LogP contribution in [0.3, 0.4) is 0 Å². The smallest absolute Gasteiger partial charge is 0.0809 e. The third-order valence-electron chi connectivity index (χ3n) is 2.18. The van der Waals surface area contributed by atoms with Gasteiger partial charge in [0.15, 0.2) is 0 Å². The van der Waals surface area contributed by atoms with Crippen molar-refractivity contribution < 1.29 is 4.74 Å². The molecule has 2 aromatic rings. The van der Waals surface area contributed by atoms with Gasteiger partial charge in [-0.3, -0.25) is 0 Å². The van der Waals surface area contributed by atoms with E-state index in [0.717, 1.165) is 13.2 Å². The molecule has 0 saturated carbocycles. The summed E-state index contributed by atoms with van der Waals surface area (Å²) in [6.07, 6.45) is 0. The van der Waals surface area contributed by atoms with E-state index in [1.165, 1.54) is 20.5 Å². The van der Waals surface area contributed by atoms with E-state index in [-0.39, 0.29) is 0 Å². The highest BCUT2D eigenvalue weighted by atomic mass is 32.1. The van der Waals surface area contributed by atoms with Crippen LogP contribution in [0, 0.1) is 6.92 Å². The Morgan fingerprint density at radius 3 is 2.93 bits per heavy atom. The number of fused-ring (bicyclic) bond motifs is 1. The van der Waals surface area contributed by atoms with E-state index in [1.54, 1.807) is 0 Å². The molecule has 0 saturated heterocycles. The monoisotopic (exact) mass is 206 g/mol. The highest BCUT2D eigenvalue weighted by Gasteiger charge is 2.01. The molecule has 0 N–H and O–H groups in total. The second-order valence-corrected chi connectivity index (χ2v) is 4.56. The Labute approximate surface area is 88.3 Å². The Balaban J connectivity index is 2.32. The molecule has 74 valence electrons. The van der Waals surface area contributed by atoms with Crippen molar-refractivity contribution in [2.75, 3.05) is 6.61 Å². The fraction of sp³-hybridized carbons (Fsp3) is 0.333. The molecule has 0 aliphatic carbocycles. The zero-order chi connectivity index (χ0) is 9.97. The fourth-order valence-electron chi connectivity index (χ4n) is 1.47. The second-order valence-electron chi connectivity index (χ2n) is 3.39. The number of benzene rings is 1. The Bertz CT molecular complexity index is 431. The summed E-state index contributed by atoms with van der Waals surface area (Å²) >= 11 is 1.83. The van der Waals surface area contributed by atoms with Gasteiger partial charge in [0.05, 0.1) is 6.61 Å². The zero-order valence-corrected chi connectivity index (χ0v) is 9.36. The van der Waals surface area contributed by atoms with Crippen molar-refractivity contribution >= 4 is 21.4 Å². The van der Waals surface area contributed by atoms with Gasteiger partial charge in [0.1, 0.15) is 0 Å². The highest BCUT2D eigenvalue weighted by molar-refractivity contribution is 7.19. The minimum atomic E-state index is 0.745. The molecule has 0 atom stereocenters. The predicted octanol–water partition coefficient (Wildman–Crippen LogP) is 3.75. The molecule has 1 heterocycles. The highest BCUT2D eigenvalue weighted by Crippen LogP contribution is 2.26. The lowest BCUT2D eigenvalue weighted by atomic mass is 10.2. The van der Waals surface area contributed by atoms with Gasteiger partial charge in [-0.1, -0.05) is 12.1 Å². The zero-order valence-electron chi connectivity index (χ0n) is 8.54. The van der Waals surface area contributed by atoms with Crippen LogP contribution < -0.4 is 0 Å². The molecule has 0 aliphatic heterocycles. The third kappa shape index (κ3) is 1.97. The normalized spacial score (nSPS) is 11.0. The molecule has 0 radical (unpaired) electrons. The molecule has 0 aliphatic rings. The molecule has 1 aromatic carbocycles. The van der Waals surface area contributed by atoms with Crippen molar-refractivity contribution in [3.05, 3.63) is 34.7 Å². The Morgan fingerprint density at radius 2 is 2.14 bits per heavy atom. The topological polar surface area (TPSA) is 9.23 Å². The summed E-state index contributed by atoms with van der Waals surface area (Å²) in [5.41, 5.74) is 1.32. The van der Waals surface area contributed by atoms with Crippen LogP contribution in [0.1, 0.15) is 17.4 Å². The van der Waals surface area contributed by atoms with Crippen molar-refractivity contribution in [3.8, 4) is 0 Å². The average Bonchev–Trinajstić information content (AvgIpc) is 2.56. The molecule has 2 rings (SSSR count). The van der Waals surface area contributed by atoms with Gasteiger partial charge in [-0.05, 0) is 36.9 Å². The molecule has 0 amide bonds. The van der Waals surface area contributed by atoms with Crippen molar-refractivity contribution in [2.24, 2.45) is 0 Å². The van der Waals surface area contributed by atoms with E-state index in [4.69, 9.17) is 4.74 Å². The largest absolute Gasteiger partial charge is 0.376 e. The first-order valence-electron chi connectivity index (χ1n) is 4.86. The molecule has 0 fully saturated rings. The van der Waals surface area contributed by atoms with E-state index in [9.17, 15) is 0 Å². The van der Waals surface area contributed by atoms with Gasteiger partial charge < -0.3 is 4.74 Å². The second kappa shape index (κ2) is 4.11. The first-order chi connectivity index (χ1) is 6.79. The lowest BCUT2D eigenvalue weighted by Crippen LogP contribution is -1.87. The van der Waals surface area contributed by atoms with Crippen LogP contribution in [-0.2, 0) is 11.3 Å². The third-order valence-corrected chi connectivity index (χ3v) is 3.25. The summed E-state index contributed by atoms with van der Waals surface area (Å²) in [6, 6.07) is 8.78. The minimum absolute atomic E-state index is 0.745. The maximum atomic E-state index is 5.39. The first-order valence-corrected chi connectivity index (χ1v) is 5.68. The first kappa shape index (κ1) is 9.69. The van der Waals surface area contributed by atoms with Gasteiger partial charge in [-0.15, -0.1) is 11.3 Å². The molecular formula is C12H14OS. The van der Waals surface area contributed by atoms with E-state index >= 15 is 0 Å². The van der Waals surface area contributed by atoms with Crippen molar-refractivity contribution in [2.45, 2.75) is 20.5 Å². The van der Waals surface area contributed by atoms with Crippen LogP contribution in [0.5, 0.6) is 0 Å². The van der Waals surface area contributed by atoms with E-state index in [2.05, 4.69) is 31.2 Å². The number of hydrogen-bond acceptors (Lipinski definition) is 2. The number of aryl methyl sites for hydroxylation is 1. The van der Waals surface area contributed by atoms with E-state index < -0.39 is 0 Å². The van der Waals surface area contributed by atoms with Gasteiger partial charge in [0, 0.05) is 16.2 Å². The summed E-state index contributed by atoms with van der Waals surface area (Å²) in [5.74, 6) is 0. The quantitative estimate of drug-likeness (QED) is 0.743. The van der Waals surface area contributed by atoms with Crippen LogP contribution in [-0.4, -0.2) is 6.61 Å². The van der Waals surface area contributed by atoms with E-state index in [0.29, 0.717) is 0 Å². The lowest BCUT2D eigenvalue weighted by Gasteiger charge is -1.94. The van der Waals surface area contributed by atoms with Gasteiger partial charge in [0.25, 0.3) is 0 Å². The maximum Gasteiger partial charge on any atom is 0.0809 e. The van der Waals surface area contributed by atoms with Crippen LogP contribution in [0.2, 0.25) is 0 Å². The molecular weight excluding hydrogens is 192 g/mol. The number of thiophene rings is 1. The van der Waals surface area contributed by atoms with Gasteiger partial charge in [-0.25, -0.2) is 0 Å². The summed E-state index contributed by atoms with van der Waals surface area (Å²) in [7, 11) is 0. The number of rotatable bonds is 3. The molecule has 1 aromatic heterocycles. The number of ether oxygens (including phenoxy) is 1. The predicted molar refractivity (Wildman–Crippen MR) is 61.9 cm³/mol. The van der Waals surface area contributed by atoms with Crippen LogP contribution in [0.25, 0.3) is 10.1 Å². The Hall–Kier alpha value is -0.860. The van der Waals surface area contributed by atoms with Gasteiger partial charge in [0.2, 0.25) is 0 Å². The summed E-state index contributed by atoms with van der Waals surface area (Å²) in [6.45, 7) is 5.68. The maximum absolute atomic E-state index is 5.39. The number of hydrogen-bond donors (Lipinski definition) is 0. The SMILES string of the molecule is CCOCc1cc2ccc(C)cc2s1. The lowest BCUT2D eigenvalue weighted by molar-refractivity contribution is 0.136. The molecule has 2 heteroatoms. The molecule has 0 spiro atoms. The summed E-state index contributed by atoms with van der Waals surface area (Å²) < 4.78 is 6.75. The van der Waals surface area contributed by atoms with Crippen molar-refractivity contribution in [1.82, 2.24) is 0 Å². The summed E-state index contributed by atoms with van der Waals surface area (Å²) in [5, 5.41) is 1.33. The Kier molecular flexibility index (Phi) is 2.85.